The Morgan fingerprint density at radius 2 is 1.22 bits per heavy atom. The van der Waals surface area contributed by atoms with Gasteiger partial charge < -0.3 is 14.6 Å². The van der Waals surface area contributed by atoms with E-state index in [-0.39, 0.29) is 17.1 Å². The Morgan fingerprint density at radius 3 is 1.48 bits per heavy atom. The minimum absolute atomic E-state index is 0.0300. The molecule has 126 valence electrons. The molecule has 0 radical (unpaired) electrons. The van der Waals surface area contributed by atoms with Gasteiger partial charge in [0.2, 0.25) is 0 Å². The van der Waals surface area contributed by atoms with Gasteiger partial charge in [0, 0.05) is 6.07 Å². The summed E-state index contributed by atoms with van der Waals surface area (Å²) in [6.07, 6.45) is 0. The molecule has 1 N–H and O–H groups in total. The number of carbonyl (C=O) groups excluding carboxylic acids is 2. The quantitative estimate of drug-likeness (QED) is 0.418. The van der Waals surface area contributed by atoms with Crippen LogP contribution in [0.5, 0.6) is 11.5 Å². The van der Waals surface area contributed by atoms with Crippen molar-refractivity contribution < 1.29 is 29.0 Å². The number of alkyl halides is 2. The molecule has 1 aromatic rings. The number of aromatic carboxylic acids is 1. The lowest BCUT2D eigenvalue weighted by Gasteiger charge is -2.17. The summed E-state index contributed by atoms with van der Waals surface area (Å²) in [5.41, 5.74) is -0.169. The van der Waals surface area contributed by atoms with Gasteiger partial charge in [0.05, 0.1) is 5.56 Å². The topological polar surface area (TPSA) is 89.9 Å². The molecule has 6 nitrogen and oxygen atoms in total. The van der Waals surface area contributed by atoms with E-state index in [1.165, 1.54) is 18.2 Å². The SMILES string of the molecule is CC(C)(Br)C(=O)Oc1cc(OC(=O)C(C)(C)Br)cc(C(=O)O)c1. The van der Waals surface area contributed by atoms with Crippen molar-refractivity contribution >= 4 is 49.8 Å². The molecule has 0 aliphatic carbocycles. The first-order chi connectivity index (χ1) is 10.3. The molecule has 0 spiro atoms. The molecule has 1 rings (SSSR count). The Kier molecular flexibility index (Phi) is 5.98. The molecular weight excluding hydrogens is 436 g/mol. The highest BCUT2D eigenvalue weighted by molar-refractivity contribution is 9.10. The molecule has 0 aromatic heterocycles. The van der Waals surface area contributed by atoms with Gasteiger partial charge >= 0.3 is 17.9 Å². The van der Waals surface area contributed by atoms with Crippen molar-refractivity contribution in [3.8, 4) is 11.5 Å². The van der Waals surface area contributed by atoms with Crippen LogP contribution in [0.15, 0.2) is 18.2 Å². The molecule has 0 bridgehead atoms. The van der Waals surface area contributed by atoms with Crippen molar-refractivity contribution in [2.24, 2.45) is 0 Å². The lowest BCUT2D eigenvalue weighted by molar-refractivity contribution is -0.136. The van der Waals surface area contributed by atoms with Gasteiger partial charge in [-0.2, -0.15) is 0 Å². The summed E-state index contributed by atoms with van der Waals surface area (Å²) >= 11 is 6.30. The highest BCUT2D eigenvalue weighted by Crippen LogP contribution is 2.28. The lowest BCUT2D eigenvalue weighted by atomic mass is 10.2. The highest BCUT2D eigenvalue weighted by Gasteiger charge is 2.28. The van der Waals surface area contributed by atoms with E-state index in [1.54, 1.807) is 27.7 Å². The van der Waals surface area contributed by atoms with Crippen LogP contribution < -0.4 is 9.47 Å². The standard InChI is InChI=1S/C15H16Br2O6/c1-14(2,16)12(20)22-9-5-8(11(18)19)6-10(7-9)23-13(21)15(3,4)17/h5-7H,1-4H3,(H,18,19). The fraction of sp³-hybridized carbons (Fsp3) is 0.400. The van der Waals surface area contributed by atoms with Gasteiger partial charge in [0.1, 0.15) is 20.1 Å². The van der Waals surface area contributed by atoms with Gasteiger partial charge in [-0.3, -0.25) is 9.59 Å². The molecule has 0 aliphatic heterocycles. The van der Waals surface area contributed by atoms with Crippen molar-refractivity contribution in [3.05, 3.63) is 23.8 Å². The van der Waals surface area contributed by atoms with Crippen LogP contribution in [0.25, 0.3) is 0 Å². The van der Waals surface area contributed by atoms with Gasteiger partial charge in [-0.15, -0.1) is 0 Å². The van der Waals surface area contributed by atoms with Gasteiger partial charge in [0.25, 0.3) is 0 Å². The summed E-state index contributed by atoms with van der Waals surface area (Å²) in [6.45, 7) is 6.35. The maximum Gasteiger partial charge on any atom is 0.335 e. The molecule has 0 unspecified atom stereocenters. The Labute approximate surface area is 150 Å². The molecule has 0 aliphatic rings. The zero-order valence-corrected chi connectivity index (χ0v) is 16.1. The van der Waals surface area contributed by atoms with Crippen LogP contribution in [-0.4, -0.2) is 31.7 Å². The van der Waals surface area contributed by atoms with Gasteiger partial charge in [0.15, 0.2) is 0 Å². The van der Waals surface area contributed by atoms with E-state index in [9.17, 15) is 14.4 Å². The molecule has 0 fully saturated rings. The second kappa shape index (κ2) is 7.00. The van der Waals surface area contributed by atoms with Crippen LogP contribution in [0, 0.1) is 0 Å². The molecule has 8 heteroatoms. The summed E-state index contributed by atoms with van der Waals surface area (Å²) in [5.74, 6) is -2.53. The number of benzene rings is 1. The Balaban J connectivity index is 3.16. The number of rotatable bonds is 5. The fourth-order valence-corrected chi connectivity index (χ4v) is 1.43. The van der Waals surface area contributed by atoms with Crippen LogP contribution >= 0.6 is 31.9 Å². The molecule has 0 heterocycles. The third kappa shape index (κ3) is 5.95. The predicted octanol–water partition coefficient (Wildman–Crippen LogP) is 3.54. The number of carbonyl (C=O) groups is 3. The van der Waals surface area contributed by atoms with E-state index in [0.29, 0.717) is 0 Å². The Morgan fingerprint density at radius 1 is 0.870 bits per heavy atom. The third-order valence-electron chi connectivity index (χ3n) is 2.52. The van der Waals surface area contributed by atoms with Crippen molar-refractivity contribution in [2.45, 2.75) is 36.3 Å². The first-order valence-corrected chi connectivity index (χ1v) is 8.10. The van der Waals surface area contributed by atoms with Crippen molar-refractivity contribution in [1.82, 2.24) is 0 Å². The monoisotopic (exact) mass is 450 g/mol. The minimum Gasteiger partial charge on any atom is -0.478 e. The van der Waals surface area contributed by atoms with E-state index in [1.807, 2.05) is 0 Å². The number of carboxylic acid groups (broad SMARTS) is 1. The number of halogens is 2. The first-order valence-electron chi connectivity index (χ1n) is 6.51. The van der Waals surface area contributed by atoms with E-state index >= 15 is 0 Å². The molecule has 0 saturated carbocycles. The third-order valence-corrected chi connectivity index (χ3v) is 3.17. The van der Waals surface area contributed by atoms with Crippen LogP contribution in [0.4, 0.5) is 0 Å². The largest absolute Gasteiger partial charge is 0.478 e. The Bertz CT molecular complexity index is 594. The molecule has 0 amide bonds. The van der Waals surface area contributed by atoms with Crippen LogP contribution in [0.1, 0.15) is 38.1 Å². The van der Waals surface area contributed by atoms with Crippen LogP contribution in [0.3, 0.4) is 0 Å². The lowest BCUT2D eigenvalue weighted by Crippen LogP contribution is -2.30. The average Bonchev–Trinajstić information content (AvgIpc) is 2.35. The van der Waals surface area contributed by atoms with E-state index in [2.05, 4.69) is 31.9 Å². The normalized spacial score (nSPS) is 11.7. The summed E-state index contributed by atoms with van der Waals surface area (Å²) in [4.78, 5) is 34.9. The zero-order chi connectivity index (χ0) is 18.0. The number of carboxylic acids is 1. The summed E-state index contributed by atoms with van der Waals surface area (Å²) in [6, 6.07) is 3.63. The number of hydrogen-bond donors (Lipinski definition) is 1. The van der Waals surface area contributed by atoms with Crippen LogP contribution in [-0.2, 0) is 9.59 Å². The van der Waals surface area contributed by atoms with Crippen molar-refractivity contribution in [2.75, 3.05) is 0 Å². The fourth-order valence-electron chi connectivity index (χ4n) is 1.27. The predicted molar refractivity (Wildman–Crippen MR) is 90.7 cm³/mol. The molecule has 23 heavy (non-hydrogen) atoms. The van der Waals surface area contributed by atoms with Crippen LogP contribution in [0.2, 0.25) is 0 Å². The molecular formula is C15H16Br2O6. The molecule has 0 saturated heterocycles. The van der Waals surface area contributed by atoms with Gasteiger partial charge in [-0.25, -0.2) is 4.79 Å². The second-order valence-corrected chi connectivity index (χ2v) is 9.69. The van der Waals surface area contributed by atoms with Crippen molar-refractivity contribution in [1.29, 1.82) is 0 Å². The van der Waals surface area contributed by atoms with Gasteiger partial charge in [-0.1, -0.05) is 31.9 Å². The average molecular weight is 452 g/mol. The van der Waals surface area contributed by atoms with E-state index in [0.717, 1.165) is 0 Å². The first kappa shape index (κ1) is 19.6. The summed E-state index contributed by atoms with van der Waals surface area (Å²) < 4.78 is 8.36. The van der Waals surface area contributed by atoms with E-state index in [4.69, 9.17) is 14.6 Å². The van der Waals surface area contributed by atoms with E-state index < -0.39 is 26.6 Å². The number of esters is 2. The minimum atomic E-state index is -1.24. The highest BCUT2D eigenvalue weighted by atomic mass is 79.9. The smallest absolute Gasteiger partial charge is 0.335 e. The van der Waals surface area contributed by atoms with Gasteiger partial charge in [-0.05, 0) is 39.8 Å². The number of ether oxygens (including phenoxy) is 2. The summed E-state index contributed by atoms with van der Waals surface area (Å²) in [7, 11) is 0. The molecule has 0 atom stereocenters. The van der Waals surface area contributed by atoms with Crippen molar-refractivity contribution in [3.63, 3.8) is 0 Å². The molecule has 1 aromatic carbocycles. The zero-order valence-electron chi connectivity index (χ0n) is 13.0. The second-order valence-electron chi connectivity index (χ2n) is 5.72. The summed E-state index contributed by atoms with van der Waals surface area (Å²) in [5, 5.41) is 9.12. The number of hydrogen-bond acceptors (Lipinski definition) is 5. The Hall–Kier alpha value is -1.41. The maximum absolute atomic E-state index is 11.9. The maximum atomic E-state index is 11.9.